The number of aliphatic imine (C=N–C) groups is 1. The number of carbonyl (C=O) groups is 2. The molecule has 2 aliphatic heterocycles. The number of hydrogen-bond acceptors (Lipinski definition) is 6. The first-order valence-corrected chi connectivity index (χ1v) is 10.1. The van der Waals surface area contributed by atoms with Gasteiger partial charge >= 0.3 is 5.97 Å². The molecule has 4 rings (SSSR count). The second-order valence-electron chi connectivity index (χ2n) is 6.76. The van der Waals surface area contributed by atoms with Crippen LogP contribution in [0.25, 0.3) is 6.08 Å². The molecule has 0 spiro atoms. The molecule has 0 saturated carbocycles. The number of anilines is 1. The monoisotopic (exact) mass is 470 g/mol. The van der Waals surface area contributed by atoms with Crippen molar-refractivity contribution >= 4 is 45.5 Å². The van der Waals surface area contributed by atoms with E-state index in [2.05, 4.69) is 20.9 Å². The van der Waals surface area contributed by atoms with Crippen LogP contribution < -0.4 is 14.4 Å². The zero-order valence-electron chi connectivity index (χ0n) is 16.5. The highest BCUT2D eigenvalue weighted by molar-refractivity contribution is 9.10. The summed E-state index contributed by atoms with van der Waals surface area (Å²) in [5.74, 6) is 0.919. The van der Waals surface area contributed by atoms with Crippen molar-refractivity contribution in [1.29, 1.82) is 0 Å². The Labute approximate surface area is 182 Å². The Morgan fingerprint density at radius 3 is 2.43 bits per heavy atom. The summed E-state index contributed by atoms with van der Waals surface area (Å²) in [6.45, 7) is 0.723. The first-order chi connectivity index (χ1) is 14.5. The molecule has 30 heavy (non-hydrogen) atoms. The quantitative estimate of drug-likeness (QED) is 0.488. The number of cyclic esters (lactones) is 1. The summed E-state index contributed by atoms with van der Waals surface area (Å²) in [6, 6.07) is 10.8. The Balaban J connectivity index is 1.61. The van der Waals surface area contributed by atoms with Crippen LogP contribution in [0.3, 0.4) is 0 Å². The van der Waals surface area contributed by atoms with E-state index in [1.807, 2.05) is 12.1 Å². The molecule has 0 bridgehead atoms. The largest absolute Gasteiger partial charge is 0.493 e. The van der Waals surface area contributed by atoms with Crippen LogP contribution in [0.2, 0.25) is 0 Å². The molecule has 0 radical (unpaired) electrons. The van der Waals surface area contributed by atoms with E-state index in [1.165, 1.54) is 0 Å². The van der Waals surface area contributed by atoms with Crippen LogP contribution in [0.1, 0.15) is 24.0 Å². The molecule has 0 atom stereocenters. The highest BCUT2D eigenvalue weighted by atomic mass is 79.9. The van der Waals surface area contributed by atoms with E-state index in [4.69, 9.17) is 14.2 Å². The lowest BCUT2D eigenvalue weighted by atomic mass is 10.1. The first kappa shape index (κ1) is 20.2. The number of halogens is 1. The standard InChI is InChI=1S/C22H19BrN2O5/c1-28-18-11-14(16(23)12-19(18)29-2)10-17-22(27)30-21(24-17)13-5-7-15(8-6-13)25-9-3-4-20(25)26/h5-8,10-12H,3-4,9H2,1-2H3/b17-10-. The van der Waals surface area contributed by atoms with Crippen molar-refractivity contribution in [1.82, 2.24) is 0 Å². The van der Waals surface area contributed by atoms with Crippen molar-refractivity contribution in [2.24, 2.45) is 4.99 Å². The second kappa shape index (κ2) is 8.31. The molecule has 0 N–H and O–H groups in total. The summed E-state index contributed by atoms with van der Waals surface area (Å²) >= 11 is 3.47. The minimum absolute atomic E-state index is 0.123. The van der Waals surface area contributed by atoms with E-state index in [-0.39, 0.29) is 17.5 Å². The highest BCUT2D eigenvalue weighted by Crippen LogP contribution is 2.35. The molecule has 8 heteroatoms. The molecule has 2 aromatic carbocycles. The molecule has 0 aliphatic carbocycles. The molecule has 1 amide bonds. The van der Waals surface area contributed by atoms with Crippen LogP contribution in [-0.4, -0.2) is 38.5 Å². The van der Waals surface area contributed by atoms with Crippen LogP contribution in [-0.2, 0) is 14.3 Å². The molecule has 1 fully saturated rings. The van der Waals surface area contributed by atoms with Crippen LogP contribution in [0.15, 0.2) is 51.6 Å². The lowest BCUT2D eigenvalue weighted by Gasteiger charge is -2.15. The zero-order valence-corrected chi connectivity index (χ0v) is 18.1. The summed E-state index contributed by atoms with van der Waals surface area (Å²) in [7, 11) is 3.10. The molecule has 154 valence electrons. The second-order valence-corrected chi connectivity index (χ2v) is 7.61. The number of hydrogen-bond donors (Lipinski definition) is 0. The van der Waals surface area contributed by atoms with Gasteiger partial charge in [-0.15, -0.1) is 0 Å². The Bertz CT molecular complexity index is 1080. The molecule has 0 unspecified atom stereocenters. The predicted octanol–water partition coefficient (Wildman–Crippen LogP) is 3.94. The third kappa shape index (κ3) is 3.82. The molecule has 2 heterocycles. The maximum Gasteiger partial charge on any atom is 0.363 e. The van der Waals surface area contributed by atoms with Gasteiger partial charge in [0.1, 0.15) is 0 Å². The Morgan fingerprint density at radius 2 is 1.80 bits per heavy atom. The number of ether oxygens (including phenoxy) is 3. The van der Waals surface area contributed by atoms with E-state index >= 15 is 0 Å². The maximum atomic E-state index is 12.3. The summed E-state index contributed by atoms with van der Waals surface area (Å²) in [5, 5.41) is 0. The molecule has 2 aliphatic rings. The van der Waals surface area contributed by atoms with Gasteiger partial charge < -0.3 is 19.1 Å². The fourth-order valence-electron chi connectivity index (χ4n) is 3.37. The van der Waals surface area contributed by atoms with Gasteiger partial charge in [0.05, 0.1) is 14.2 Å². The minimum Gasteiger partial charge on any atom is -0.493 e. The van der Waals surface area contributed by atoms with Crippen molar-refractivity contribution < 1.29 is 23.8 Å². The summed E-state index contributed by atoms with van der Waals surface area (Å²) in [6.07, 6.45) is 3.06. The number of methoxy groups -OCH3 is 2. The smallest absolute Gasteiger partial charge is 0.363 e. The van der Waals surface area contributed by atoms with Gasteiger partial charge in [0.15, 0.2) is 17.2 Å². The van der Waals surface area contributed by atoms with Gasteiger partial charge in [-0.25, -0.2) is 9.79 Å². The van der Waals surface area contributed by atoms with Crippen molar-refractivity contribution in [3.8, 4) is 11.5 Å². The zero-order chi connectivity index (χ0) is 21.3. The summed E-state index contributed by atoms with van der Waals surface area (Å²) in [5.41, 5.74) is 2.37. The molecular formula is C22H19BrN2O5. The molecule has 7 nitrogen and oxygen atoms in total. The first-order valence-electron chi connectivity index (χ1n) is 9.35. The predicted molar refractivity (Wildman–Crippen MR) is 116 cm³/mol. The van der Waals surface area contributed by atoms with Gasteiger partial charge in [-0.1, -0.05) is 15.9 Å². The van der Waals surface area contributed by atoms with Crippen molar-refractivity contribution in [3.05, 3.63) is 57.7 Å². The average molecular weight is 471 g/mol. The van der Waals surface area contributed by atoms with E-state index < -0.39 is 5.97 Å². The van der Waals surface area contributed by atoms with Gasteiger partial charge in [0, 0.05) is 28.7 Å². The Morgan fingerprint density at radius 1 is 1.10 bits per heavy atom. The lowest BCUT2D eigenvalue weighted by molar-refractivity contribution is -0.130. The molecule has 2 aromatic rings. The normalized spacial score (nSPS) is 17.4. The highest BCUT2D eigenvalue weighted by Gasteiger charge is 2.26. The number of esters is 1. The summed E-state index contributed by atoms with van der Waals surface area (Å²) < 4.78 is 16.7. The Kier molecular flexibility index (Phi) is 5.59. The van der Waals surface area contributed by atoms with Gasteiger partial charge in [0.25, 0.3) is 0 Å². The van der Waals surface area contributed by atoms with Crippen LogP contribution in [0.5, 0.6) is 11.5 Å². The van der Waals surface area contributed by atoms with Gasteiger partial charge in [-0.05, 0) is 54.5 Å². The maximum absolute atomic E-state index is 12.3. The SMILES string of the molecule is COc1cc(Br)c(/C=C2\N=C(c3ccc(N4CCCC4=O)cc3)OC2=O)cc1OC. The minimum atomic E-state index is -0.537. The lowest BCUT2D eigenvalue weighted by Crippen LogP contribution is -2.23. The van der Waals surface area contributed by atoms with Crippen LogP contribution in [0.4, 0.5) is 5.69 Å². The van der Waals surface area contributed by atoms with Crippen molar-refractivity contribution in [2.75, 3.05) is 25.7 Å². The van der Waals surface area contributed by atoms with Crippen LogP contribution in [0, 0.1) is 0 Å². The summed E-state index contributed by atoms with van der Waals surface area (Å²) in [4.78, 5) is 30.3. The van der Waals surface area contributed by atoms with Gasteiger partial charge in [-0.2, -0.15) is 0 Å². The van der Waals surface area contributed by atoms with Crippen LogP contribution >= 0.6 is 15.9 Å². The number of rotatable bonds is 5. The van der Waals surface area contributed by atoms with E-state index in [0.29, 0.717) is 29.0 Å². The van der Waals surface area contributed by atoms with Gasteiger partial charge in [-0.3, -0.25) is 4.79 Å². The fraction of sp³-hybridized carbons (Fsp3) is 0.227. The van der Waals surface area contributed by atoms with E-state index in [0.717, 1.165) is 23.1 Å². The average Bonchev–Trinajstić information content (AvgIpc) is 3.34. The topological polar surface area (TPSA) is 77.4 Å². The number of benzene rings is 2. The Hall–Kier alpha value is -3.13. The number of nitrogens with zero attached hydrogens (tertiary/aromatic N) is 2. The number of amides is 1. The van der Waals surface area contributed by atoms with E-state index in [1.54, 1.807) is 49.5 Å². The van der Waals surface area contributed by atoms with Gasteiger partial charge in [0.2, 0.25) is 11.8 Å². The fourth-order valence-corrected chi connectivity index (χ4v) is 3.80. The van der Waals surface area contributed by atoms with E-state index in [9.17, 15) is 9.59 Å². The molecule has 1 saturated heterocycles. The van der Waals surface area contributed by atoms with Crippen molar-refractivity contribution in [2.45, 2.75) is 12.8 Å². The van der Waals surface area contributed by atoms with Crippen molar-refractivity contribution in [3.63, 3.8) is 0 Å². The third-order valence-electron chi connectivity index (χ3n) is 4.91. The molecular weight excluding hydrogens is 452 g/mol. The number of carbonyl (C=O) groups excluding carboxylic acids is 2. The third-order valence-corrected chi connectivity index (χ3v) is 5.60. The molecule has 0 aromatic heterocycles.